The minimum absolute atomic E-state index is 0.0203. The molecule has 0 aromatic heterocycles. The Kier molecular flexibility index (Phi) is 5.59. The molecule has 1 heterocycles. The van der Waals surface area contributed by atoms with E-state index in [0.717, 1.165) is 25.9 Å². The number of hydrogen-bond donors (Lipinski definition) is 3. The maximum Gasteiger partial charge on any atom is 0.223 e. The third kappa shape index (κ3) is 6.00. The SMILES string of the molecule is CC(C)(C)NC(=O)CCNC(=O)C1CCNCC1. The van der Waals surface area contributed by atoms with Gasteiger partial charge >= 0.3 is 0 Å². The Balaban J connectivity index is 2.17. The van der Waals surface area contributed by atoms with E-state index in [1.54, 1.807) is 0 Å². The molecule has 0 bridgehead atoms. The fraction of sp³-hybridized carbons (Fsp3) is 0.846. The van der Waals surface area contributed by atoms with Gasteiger partial charge in [-0.05, 0) is 46.7 Å². The average Bonchev–Trinajstić information content (AvgIpc) is 2.27. The topological polar surface area (TPSA) is 70.2 Å². The quantitative estimate of drug-likeness (QED) is 0.681. The fourth-order valence-electron chi connectivity index (χ4n) is 2.01. The Morgan fingerprint density at radius 3 is 2.39 bits per heavy atom. The summed E-state index contributed by atoms with van der Waals surface area (Å²) in [6, 6.07) is 0. The largest absolute Gasteiger partial charge is 0.355 e. The predicted octanol–water partition coefficient (Wildman–Crippen LogP) is 0.407. The van der Waals surface area contributed by atoms with Crippen LogP contribution in [0.1, 0.15) is 40.0 Å². The van der Waals surface area contributed by atoms with Crippen molar-refractivity contribution in [2.75, 3.05) is 19.6 Å². The monoisotopic (exact) mass is 255 g/mol. The van der Waals surface area contributed by atoms with Gasteiger partial charge in [0.15, 0.2) is 0 Å². The summed E-state index contributed by atoms with van der Waals surface area (Å²) in [6.07, 6.45) is 2.12. The second-order valence-electron chi connectivity index (χ2n) is 5.86. The van der Waals surface area contributed by atoms with E-state index in [0.29, 0.717) is 13.0 Å². The number of nitrogens with one attached hydrogen (secondary N) is 3. The number of piperidine rings is 1. The van der Waals surface area contributed by atoms with E-state index in [9.17, 15) is 9.59 Å². The van der Waals surface area contributed by atoms with E-state index in [1.807, 2.05) is 20.8 Å². The second-order valence-corrected chi connectivity index (χ2v) is 5.86. The van der Waals surface area contributed by atoms with Gasteiger partial charge in [0.2, 0.25) is 11.8 Å². The molecule has 104 valence electrons. The Morgan fingerprint density at radius 2 is 1.83 bits per heavy atom. The molecule has 0 radical (unpaired) electrons. The van der Waals surface area contributed by atoms with Crippen LogP contribution < -0.4 is 16.0 Å². The van der Waals surface area contributed by atoms with Gasteiger partial charge in [0.05, 0.1) is 0 Å². The van der Waals surface area contributed by atoms with Crippen molar-refractivity contribution in [3.63, 3.8) is 0 Å². The van der Waals surface area contributed by atoms with Gasteiger partial charge in [0, 0.05) is 24.4 Å². The molecule has 0 atom stereocenters. The first kappa shape index (κ1) is 15.0. The van der Waals surface area contributed by atoms with E-state index >= 15 is 0 Å². The Labute approximate surface area is 109 Å². The first-order chi connectivity index (χ1) is 8.38. The highest BCUT2D eigenvalue weighted by molar-refractivity contribution is 5.80. The number of carbonyl (C=O) groups is 2. The summed E-state index contributed by atoms with van der Waals surface area (Å²) in [5.74, 6) is 0.171. The van der Waals surface area contributed by atoms with Crippen molar-refractivity contribution in [3.05, 3.63) is 0 Å². The number of carbonyl (C=O) groups excluding carboxylic acids is 2. The molecule has 0 spiro atoms. The standard InChI is InChI=1S/C13H25N3O2/c1-13(2,3)16-11(17)6-9-15-12(18)10-4-7-14-8-5-10/h10,14H,4-9H2,1-3H3,(H,15,18)(H,16,17). The summed E-state index contributed by atoms with van der Waals surface area (Å²) in [7, 11) is 0. The van der Waals surface area contributed by atoms with Gasteiger partial charge in [-0.2, -0.15) is 0 Å². The van der Waals surface area contributed by atoms with Gasteiger partial charge in [-0.25, -0.2) is 0 Å². The van der Waals surface area contributed by atoms with Crippen LogP contribution in [0.25, 0.3) is 0 Å². The minimum atomic E-state index is -0.212. The van der Waals surface area contributed by atoms with Crippen LogP contribution >= 0.6 is 0 Å². The van der Waals surface area contributed by atoms with E-state index in [1.165, 1.54) is 0 Å². The van der Waals surface area contributed by atoms with E-state index in [-0.39, 0.29) is 23.3 Å². The normalized spacial score (nSPS) is 17.3. The molecular weight excluding hydrogens is 230 g/mol. The molecule has 2 amide bonds. The predicted molar refractivity (Wildman–Crippen MR) is 71.1 cm³/mol. The minimum Gasteiger partial charge on any atom is -0.355 e. The number of amides is 2. The van der Waals surface area contributed by atoms with Crippen molar-refractivity contribution in [1.82, 2.24) is 16.0 Å². The van der Waals surface area contributed by atoms with Crippen LogP contribution in [0.4, 0.5) is 0 Å². The molecule has 0 unspecified atom stereocenters. The third-order valence-corrected chi connectivity index (χ3v) is 2.88. The first-order valence-electron chi connectivity index (χ1n) is 6.68. The van der Waals surface area contributed by atoms with Crippen molar-refractivity contribution in [1.29, 1.82) is 0 Å². The molecule has 1 rings (SSSR count). The smallest absolute Gasteiger partial charge is 0.223 e. The van der Waals surface area contributed by atoms with E-state index < -0.39 is 0 Å². The van der Waals surface area contributed by atoms with Crippen LogP contribution in [-0.2, 0) is 9.59 Å². The molecule has 5 heteroatoms. The van der Waals surface area contributed by atoms with Crippen LogP contribution in [0.3, 0.4) is 0 Å². The number of hydrogen-bond acceptors (Lipinski definition) is 3. The molecular formula is C13H25N3O2. The Bertz CT molecular complexity index is 291. The average molecular weight is 255 g/mol. The molecule has 0 saturated carbocycles. The zero-order valence-electron chi connectivity index (χ0n) is 11.6. The highest BCUT2D eigenvalue weighted by Crippen LogP contribution is 2.11. The van der Waals surface area contributed by atoms with Crippen molar-refractivity contribution < 1.29 is 9.59 Å². The lowest BCUT2D eigenvalue weighted by atomic mass is 9.97. The summed E-state index contributed by atoms with van der Waals surface area (Å²) in [5.41, 5.74) is -0.212. The maximum atomic E-state index is 11.8. The van der Waals surface area contributed by atoms with Crippen LogP contribution in [0.15, 0.2) is 0 Å². The molecule has 0 aromatic carbocycles. The second kappa shape index (κ2) is 6.73. The van der Waals surface area contributed by atoms with Crippen molar-refractivity contribution in [3.8, 4) is 0 Å². The van der Waals surface area contributed by atoms with Gasteiger partial charge in [0.25, 0.3) is 0 Å². The summed E-state index contributed by atoms with van der Waals surface area (Å²) >= 11 is 0. The van der Waals surface area contributed by atoms with Gasteiger partial charge in [-0.1, -0.05) is 0 Å². The molecule has 1 aliphatic rings. The van der Waals surface area contributed by atoms with Gasteiger partial charge in [-0.3, -0.25) is 9.59 Å². The van der Waals surface area contributed by atoms with Crippen LogP contribution in [0.5, 0.6) is 0 Å². The zero-order valence-corrected chi connectivity index (χ0v) is 11.6. The molecule has 3 N–H and O–H groups in total. The molecule has 1 saturated heterocycles. The highest BCUT2D eigenvalue weighted by atomic mass is 16.2. The van der Waals surface area contributed by atoms with Gasteiger partial charge < -0.3 is 16.0 Å². The lowest BCUT2D eigenvalue weighted by Crippen LogP contribution is -2.43. The maximum absolute atomic E-state index is 11.8. The van der Waals surface area contributed by atoms with Crippen molar-refractivity contribution in [2.45, 2.75) is 45.6 Å². The van der Waals surface area contributed by atoms with Crippen molar-refractivity contribution >= 4 is 11.8 Å². The third-order valence-electron chi connectivity index (χ3n) is 2.88. The molecule has 1 fully saturated rings. The Morgan fingerprint density at radius 1 is 1.22 bits per heavy atom. The van der Waals surface area contributed by atoms with Crippen LogP contribution in [0, 0.1) is 5.92 Å². The number of rotatable bonds is 4. The Hall–Kier alpha value is -1.10. The highest BCUT2D eigenvalue weighted by Gasteiger charge is 2.20. The summed E-state index contributed by atoms with van der Waals surface area (Å²) in [5, 5.41) is 8.94. The molecule has 1 aliphatic heterocycles. The lowest BCUT2D eigenvalue weighted by Gasteiger charge is -2.22. The fourth-order valence-corrected chi connectivity index (χ4v) is 2.01. The lowest BCUT2D eigenvalue weighted by molar-refractivity contribution is -0.126. The van der Waals surface area contributed by atoms with E-state index in [4.69, 9.17) is 0 Å². The molecule has 0 aliphatic carbocycles. The van der Waals surface area contributed by atoms with Crippen LogP contribution in [0.2, 0.25) is 0 Å². The zero-order chi connectivity index (χ0) is 13.6. The van der Waals surface area contributed by atoms with Gasteiger partial charge in [0.1, 0.15) is 0 Å². The van der Waals surface area contributed by atoms with Crippen LogP contribution in [-0.4, -0.2) is 37.0 Å². The first-order valence-corrected chi connectivity index (χ1v) is 6.68. The summed E-state index contributed by atoms with van der Waals surface area (Å²) in [6.45, 7) is 8.06. The molecule has 5 nitrogen and oxygen atoms in total. The van der Waals surface area contributed by atoms with Crippen molar-refractivity contribution in [2.24, 2.45) is 5.92 Å². The van der Waals surface area contributed by atoms with E-state index in [2.05, 4.69) is 16.0 Å². The van der Waals surface area contributed by atoms with Gasteiger partial charge in [-0.15, -0.1) is 0 Å². The summed E-state index contributed by atoms with van der Waals surface area (Å²) < 4.78 is 0. The summed E-state index contributed by atoms with van der Waals surface area (Å²) in [4.78, 5) is 23.3. The molecule has 0 aromatic rings. The molecule has 18 heavy (non-hydrogen) atoms.